The average Bonchev–Trinajstić information content (AvgIpc) is 2.46. The molecule has 0 amide bonds. The molecule has 0 saturated carbocycles. The lowest BCUT2D eigenvalue weighted by Gasteiger charge is -2.24. The van der Waals surface area contributed by atoms with Gasteiger partial charge in [-0.25, -0.2) is 0 Å². The van der Waals surface area contributed by atoms with E-state index in [0.717, 1.165) is 21.4 Å². The molecule has 20 heavy (non-hydrogen) atoms. The van der Waals surface area contributed by atoms with Gasteiger partial charge in [-0.2, -0.15) is 5.26 Å². The van der Waals surface area contributed by atoms with E-state index in [1.165, 1.54) is 0 Å². The van der Waals surface area contributed by atoms with Crippen molar-refractivity contribution in [3.05, 3.63) is 58.1 Å². The molecule has 0 aliphatic heterocycles. The average molecular weight is 330 g/mol. The Morgan fingerprint density at radius 2 is 2.00 bits per heavy atom. The standard InChI is InChI=1S/C16H16BrN3/c1-11(19)15-9-13(17)6-7-16(15)20(2)14-5-3-4-12(8-14)10-18/h3-9,11H,19H2,1-2H3. The minimum absolute atomic E-state index is 0.0656. The van der Waals surface area contributed by atoms with Gasteiger partial charge in [0.1, 0.15) is 0 Å². The lowest BCUT2D eigenvalue weighted by atomic mass is 10.1. The summed E-state index contributed by atoms with van der Waals surface area (Å²) in [5.41, 5.74) is 9.77. The molecular weight excluding hydrogens is 314 g/mol. The van der Waals surface area contributed by atoms with Crippen molar-refractivity contribution in [2.45, 2.75) is 13.0 Å². The van der Waals surface area contributed by atoms with Crippen LogP contribution in [-0.2, 0) is 0 Å². The molecule has 1 atom stereocenters. The van der Waals surface area contributed by atoms with Crippen LogP contribution < -0.4 is 10.6 Å². The smallest absolute Gasteiger partial charge is 0.0992 e. The summed E-state index contributed by atoms with van der Waals surface area (Å²) < 4.78 is 1.01. The Labute approximate surface area is 127 Å². The minimum atomic E-state index is -0.0656. The Morgan fingerprint density at radius 3 is 2.65 bits per heavy atom. The van der Waals surface area contributed by atoms with Crippen molar-refractivity contribution >= 4 is 27.3 Å². The molecule has 0 aliphatic carbocycles. The minimum Gasteiger partial charge on any atom is -0.344 e. The molecule has 2 aromatic rings. The summed E-state index contributed by atoms with van der Waals surface area (Å²) in [6.45, 7) is 1.96. The van der Waals surface area contributed by atoms with E-state index in [-0.39, 0.29) is 6.04 Å². The van der Waals surface area contributed by atoms with Crippen molar-refractivity contribution in [3.8, 4) is 6.07 Å². The van der Waals surface area contributed by atoms with Gasteiger partial charge in [-0.1, -0.05) is 22.0 Å². The summed E-state index contributed by atoms with van der Waals surface area (Å²) in [6, 6.07) is 15.7. The zero-order chi connectivity index (χ0) is 14.7. The maximum atomic E-state index is 9.00. The fourth-order valence-electron chi connectivity index (χ4n) is 2.12. The van der Waals surface area contributed by atoms with E-state index in [1.54, 1.807) is 6.07 Å². The predicted molar refractivity (Wildman–Crippen MR) is 86.0 cm³/mol. The first-order valence-corrected chi connectivity index (χ1v) is 7.11. The molecule has 0 aromatic heterocycles. The van der Waals surface area contributed by atoms with Gasteiger partial charge in [0.15, 0.2) is 0 Å². The normalized spacial score (nSPS) is 11.8. The molecule has 0 aliphatic rings. The molecule has 2 N–H and O–H groups in total. The molecule has 2 aromatic carbocycles. The molecule has 0 radical (unpaired) electrons. The van der Waals surface area contributed by atoms with E-state index in [4.69, 9.17) is 11.0 Å². The van der Waals surface area contributed by atoms with Gasteiger partial charge in [-0.05, 0) is 48.9 Å². The third kappa shape index (κ3) is 3.01. The molecule has 2 rings (SSSR count). The zero-order valence-electron chi connectivity index (χ0n) is 11.5. The Morgan fingerprint density at radius 1 is 1.25 bits per heavy atom. The Kier molecular flexibility index (Phi) is 4.43. The highest BCUT2D eigenvalue weighted by Crippen LogP contribution is 2.32. The van der Waals surface area contributed by atoms with Gasteiger partial charge in [0.25, 0.3) is 0 Å². The van der Waals surface area contributed by atoms with Crippen LogP contribution in [0, 0.1) is 11.3 Å². The molecule has 1 unspecified atom stereocenters. The van der Waals surface area contributed by atoms with Crippen LogP contribution in [0.25, 0.3) is 0 Å². The van der Waals surface area contributed by atoms with Crippen LogP contribution in [0.15, 0.2) is 46.9 Å². The molecular formula is C16H16BrN3. The van der Waals surface area contributed by atoms with Gasteiger partial charge in [0, 0.05) is 28.9 Å². The SMILES string of the molecule is CC(N)c1cc(Br)ccc1N(C)c1cccc(C#N)c1. The van der Waals surface area contributed by atoms with Gasteiger partial charge < -0.3 is 10.6 Å². The van der Waals surface area contributed by atoms with E-state index in [2.05, 4.69) is 22.0 Å². The Hall–Kier alpha value is -1.83. The molecule has 0 bridgehead atoms. The van der Waals surface area contributed by atoms with E-state index < -0.39 is 0 Å². The highest BCUT2D eigenvalue weighted by Gasteiger charge is 2.13. The molecule has 102 valence electrons. The first-order chi connectivity index (χ1) is 9.52. The van der Waals surface area contributed by atoms with E-state index >= 15 is 0 Å². The number of nitrogens with zero attached hydrogens (tertiary/aromatic N) is 2. The van der Waals surface area contributed by atoms with Gasteiger partial charge in [-0.3, -0.25) is 0 Å². The lowest BCUT2D eigenvalue weighted by molar-refractivity contribution is 0.814. The zero-order valence-corrected chi connectivity index (χ0v) is 13.1. The maximum absolute atomic E-state index is 9.00. The van der Waals surface area contributed by atoms with Crippen LogP contribution in [0.1, 0.15) is 24.1 Å². The second kappa shape index (κ2) is 6.08. The third-order valence-electron chi connectivity index (χ3n) is 3.20. The summed E-state index contributed by atoms with van der Waals surface area (Å²) in [6.07, 6.45) is 0. The Bertz CT molecular complexity index is 659. The first kappa shape index (κ1) is 14.6. The summed E-state index contributed by atoms with van der Waals surface area (Å²) >= 11 is 3.48. The van der Waals surface area contributed by atoms with Crippen molar-refractivity contribution < 1.29 is 0 Å². The van der Waals surface area contributed by atoms with Crippen LogP contribution in [0.4, 0.5) is 11.4 Å². The summed E-state index contributed by atoms with van der Waals surface area (Å²) in [5, 5.41) is 9.00. The van der Waals surface area contributed by atoms with Crippen molar-refractivity contribution in [3.63, 3.8) is 0 Å². The molecule has 0 spiro atoms. The fourth-order valence-corrected chi connectivity index (χ4v) is 2.50. The number of halogens is 1. The van der Waals surface area contributed by atoms with E-state index in [0.29, 0.717) is 5.56 Å². The van der Waals surface area contributed by atoms with E-state index in [1.807, 2.05) is 55.3 Å². The highest BCUT2D eigenvalue weighted by molar-refractivity contribution is 9.10. The van der Waals surface area contributed by atoms with Gasteiger partial charge >= 0.3 is 0 Å². The molecule has 0 heterocycles. The Balaban J connectivity index is 2.47. The van der Waals surface area contributed by atoms with Crippen molar-refractivity contribution in [1.29, 1.82) is 5.26 Å². The monoisotopic (exact) mass is 329 g/mol. The van der Waals surface area contributed by atoms with Crippen molar-refractivity contribution in [2.75, 3.05) is 11.9 Å². The quantitative estimate of drug-likeness (QED) is 0.921. The third-order valence-corrected chi connectivity index (χ3v) is 3.70. The second-order valence-corrected chi connectivity index (χ2v) is 5.63. The highest BCUT2D eigenvalue weighted by atomic mass is 79.9. The molecule has 4 heteroatoms. The maximum Gasteiger partial charge on any atom is 0.0992 e. The molecule has 0 saturated heterocycles. The van der Waals surface area contributed by atoms with Crippen LogP contribution in [0.2, 0.25) is 0 Å². The number of anilines is 2. The van der Waals surface area contributed by atoms with Crippen molar-refractivity contribution in [1.82, 2.24) is 0 Å². The molecule has 0 fully saturated rings. The summed E-state index contributed by atoms with van der Waals surface area (Å²) in [7, 11) is 1.98. The number of rotatable bonds is 3. The lowest BCUT2D eigenvalue weighted by Crippen LogP contribution is -2.15. The number of nitriles is 1. The van der Waals surface area contributed by atoms with Gasteiger partial charge in [0.2, 0.25) is 0 Å². The van der Waals surface area contributed by atoms with Crippen LogP contribution in [0.3, 0.4) is 0 Å². The summed E-state index contributed by atoms with van der Waals surface area (Å²) in [5.74, 6) is 0. The summed E-state index contributed by atoms with van der Waals surface area (Å²) in [4.78, 5) is 2.05. The van der Waals surface area contributed by atoms with Gasteiger partial charge in [0.05, 0.1) is 11.6 Å². The molecule has 3 nitrogen and oxygen atoms in total. The first-order valence-electron chi connectivity index (χ1n) is 6.32. The largest absolute Gasteiger partial charge is 0.344 e. The van der Waals surface area contributed by atoms with Gasteiger partial charge in [-0.15, -0.1) is 0 Å². The number of hydrogen-bond donors (Lipinski definition) is 1. The van der Waals surface area contributed by atoms with E-state index in [9.17, 15) is 0 Å². The number of benzene rings is 2. The fraction of sp³-hybridized carbons (Fsp3) is 0.188. The number of hydrogen-bond acceptors (Lipinski definition) is 3. The number of nitrogens with two attached hydrogens (primary N) is 1. The second-order valence-electron chi connectivity index (χ2n) is 4.71. The predicted octanol–water partition coefficient (Wildman–Crippen LogP) is 4.11. The van der Waals surface area contributed by atoms with Crippen LogP contribution >= 0.6 is 15.9 Å². The van der Waals surface area contributed by atoms with Crippen LogP contribution in [0.5, 0.6) is 0 Å². The van der Waals surface area contributed by atoms with Crippen LogP contribution in [-0.4, -0.2) is 7.05 Å². The van der Waals surface area contributed by atoms with Crippen molar-refractivity contribution in [2.24, 2.45) is 5.73 Å². The topological polar surface area (TPSA) is 53.0 Å².